The van der Waals surface area contributed by atoms with Crippen LogP contribution in [0.25, 0.3) is 0 Å². The van der Waals surface area contributed by atoms with Gasteiger partial charge in [-0.25, -0.2) is 0 Å². The van der Waals surface area contributed by atoms with Gasteiger partial charge in [0.15, 0.2) is 0 Å². The molecule has 0 fully saturated rings. The maximum atomic E-state index is 13.5. The molecule has 0 aliphatic rings. The van der Waals surface area contributed by atoms with Gasteiger partial charge in [0, 0.05) is 16.9 Å². The second-order valence-corrected chi connectivity index (χ2v) is 8.33. The molecular formula is C30H25N3O2. The standard InChI is InChI=1S/C30H25N3O2/c1-22-7-5-11-27(17-22)32-29(34)19-25-10-6-12-28(18-25)33(21-24-8-3-2-4-9-24)30(35)26-15-13-23(20-31)14-16-26/h2-18H,19,21H2,1H3,(H,32,34). The predicted octanol–water partition coefficient (Wildman–Crippen LogP) is 5.89. The quantitative estimate of drug-likeness (QED) is 0.374. The van der Waals surface area contributed by atoms with Gasteiger partial charge in [-0.2, -0.15) is 5.26 Å². The average Bonchev–Trinajstić information content (AvgIpc) is 2.87. The molecule has 0 saturated carbocycles. The molecular weight excluding hydrogens is 434 g/mol. The van der Waals surface area contributed by atoms with Crippen LogP contribution in [0.2, 0.25) is 0 Å². The molecule has 2 amide bonds. The molecule has 0 heterocycles. The summed E-state index contributed by atoms with van der Waals surface area (Å²) >= 11 is 0. The van der Waals surface area contributed by atoms with Crippen LogP contribution >= 0.6 is 0 Å². The Bertz CT molecular complexity index is 1370. The van der Waals surface area contributed by atoms with Crippen LogP contribution in [0.1, 0.15) is 32.6 Å². The number of aryl methyl sites for hydroxylation is 1. The lowest BCUT2D eigenvalue weighted by atomic mass is 10.1. The van der Waals surface area contributed by atoms with Gasteiger partial charge in [-0.3, -0.25) is 9.59 Å². The molecule has 1 N–H and O–H groups in total. The molecule has 4 aromatic carbocycles. The van der Waals surface area contributed by atoms with E-state index < -0.39 is 0 Å². The summed E-state index contributed by atoms with van der Waals surface area (Å²) in [5, 5.41) is 12.0. The Kier molecular flexibility index (Phi) is 7.34. The van der Waals surface area contributed by atoms with Crippen molar-refractivity contribution in [2.75, 3.05) is 10.2 Å². The third-order valence-electron chi connectivity index (χ3n) is 5.58. The molecule has 0 radical (unpaired) electrons. The SMILES string of the molecule is Cc1cccc(NC(=O)Cc2cccc(N(Cc3ccccc3)C(=O)c3ccc(C#N)cc3)c2)c1. The van der Waals surface area contributed by atoms with Crippen LogP contribution in [-0.4, -0.2) is 11.8 Å². The smallest absolute Gasteiger partial charge is 0.258 e. The fourth-order valence-electron chi connectivity index (χ4n) is 3.84. The number of nitrogens with one attached hydrogen (secondary N) is 1. The average molecular weight is 460 g/mol. The summed E-state index contributed by atoms with van der Waals surface area (Å²) in [7, 11) is 0. The molecule has 0 aliphatic carbocycles. The Hall–Kier alpha value is -4.69. The van der Waals surface area contributed by atoms with Gasteiger partial charge in [-0.1, -0.05) is 54.6 Å². The number of amides is 2. The fourth-order valence-corrected chi connectivity index (χ4v) is 3.84. The zero-order chi connectivity index (χ0) is 24.6. The van der Waals surface area contributed by atoms with Crippen LogP contribution in [0.5, 0.6) is 0 Å². The zero-order valence-corrected chi connectivity index (χ0v) is 19.4. The lowest BCUT2D eigenvalue weighted by Crippen LogP contribution is -2.30. The number of hydrogen-bond acceptors (Lipinski definition) is 3. The number of hydrogen-bond donors (Lipinski definition) is 1. The molecule has 0 aromatic heterocycles. The van der Waals surface area contributed by atoms with E-state index >= 15 is 0 Å². The van der Waals surface area contributed by atoms with Crippen molar-refractivity contribution in [1.29, 1.82) is 5.26 Å². The van der Waals surface area contributed by atoms with Gasteiger partial charge in [0.05, 0.1) is 24.6 Å². The highest BCUT2D eigenvalue weighted by Crippen LogP contribution is 2.23. The van der Waals surface area contributed by atoms with Gasteiger partial charge < -0.3 is 10.2 Å². The zero-order valence-electron chi connectivity index (χ0n) is 19.4. The van der Waals surface area contributed by atoms with Gasteiger partial charge in [-0.05, 0) is 72.1 Å². The van der Waals surface area contributed by atoms with Crippen molar-refractivity contribution in [2.45, 2.75) is 19.9 Å². The Morgan fingerprint density at radius 3 is 2.26 bits per heavy atom. The highest BCUT2D eigenvalue weighted by molar-refractivity contribution is 6.06. The summed E-state index contributed by atoms with van der Waals surface area (Å²) in [4.78, 5) is 27.9. The summed E-state index contributed by atoms with van der Waals surface area (Å²) in [6.07, 6.45) is 0.187. The number of anilines is 2. The monoisotopic (exact) mass is 459 g/mol. The normalized spacial score (nSPS) is 10.3. The Balaban J connectivity index is 1.59. The fraction of sp³-hybridized carbons (Fsp3) is 0.100. The second-order valence-electron chi connectivity index (χ2n) is 8.33. The van der Waals surface area contributed by atoms with Crippen LogP contribution < -0.4 is 10.2 Å². The van der Waals surface area contributed by atoms with Crippen LogP contribution in [-0.2, 0) is 17.8 Å². The number of rotatable bonds is 7. The highest BCUT2D eigenvalue weighted by atomic mass is 16.2. The van der Waals surface area contributed by atoms with E-state index in [1.807, 2.05) is 85.8 Å². The van der Waals surface area contributed by atoms with Crippen LogP contribution in [0.4, 0.5) is 11.4 Å². The van der Waals surface area contributed by atoms with Crippen LogP contribution in [0.15, 0.2) is 103 Å². The number of nitrogens with zero attached hydrogens (tertiary/aromatic N) is 2. The topological polar surface area (TPSA) is 73.2 Å². The van der Waals surface area contributed by atoms with E-state index in [1.165, 1.54) is 0 Å². The van der Waals surface area contributed by atoms with Crippen molar-refractivity contribution in [2.24, 2.45) is 0 Å². The van der Waals surface area contributed by atoms with Gasteiger partial charge in [0.2, 0.25) is 5.91 Å². The molecule has 0 saturated heterocycles. The van der Waals surface area contributed by atoms with Crippen molar-refractivity contribution >= 4 is 23.2 Å². The van der Waals surface area contributed by atoms with E-state index in [-0.39, 0.29) is 18.2 Å². The summed E-state index contributed by atoms with van der Waals surface area (Å²) in [5.74, 6) is -0.305. The summed E-state index contributed by atoms with van der Waals surface area (Å²) < 4.78 is 0. The molecule has 4 rings (SSSR count). The van der Waals surface area contributed by atoms with E-state index in [4.69, 9.17) is 5.26 Å². The first-order chi connectivity index (χ1) is 17.0. The second kappa shape index (κ2) is 11.0. The van der Waals surface area contributed by atoms with E-state index in [0.717, 1.165) is 22.4 Å². The molecule has 172 valence electrons. The summed E-state index contributed by atoms with van der Waals surface area (Å²) in [6.45, 7) is 2.35. The van der Waals surface area contributed by atoms with Crippen molar-refractivity contribution in [1.82, 2.24) is 0 Å². The van der Waals surface area contributed by atoms with Crippen molar-refractivity contribution in [3.8, 4) is 6.07 Å². The molecule has 35 heavy (non-hydrogen) atoms. The van der Waals surface area contributed by atoms with Crippen LogP contribution in [0.3, 0.4) is 0 Å². The molecule has 4 aromatic rings. The van der Waals surface area contributed by atoms with Gasteiger partial charge in [0.1, 0.15) is 0 Å². The Labute approximate surface area is 205 Å². The van der Waals surface area contributed by atoms with E-state index in [1.54, 1.807) is 29.2 Å². The lowest BCUT2D eigenvalue weighted by molar-refractivity contribution is -0.115. The van der Waals surface area contributed by atoms with Crippen molar-refractivity contribution < 1.29 is 9.59 Å². The van der Waals surface area contributed by atoms with Crippen molar-refractivity contribution in [3.63, 3.8) is 0 Å². The number of nitriles is 1. The third-order valence-corrected chi connectivity index (χ3v) is 5.58. The number of benzene rings is 4. The van der Waals surface area contributed by atoms with Crippen LogP contribution in [0, 0.1) is 18.3 Å². The summed E-state index contributed by atoms with van der Waals surface area (Å²) in [5.41, 5.74) is 5.30. The predicted molar refractivity (Wildman–Crippen MR) is 138 cm³/mol. The van der Waals surface area contributed by atoms with Gasteiger partial charge in [0.25, 0.3) is 5.91 Å². The number of carbonyl (C=O) groups excluding carboxylic acids is 2. The third kappa shape index (κ3) is 6.21. The molecule has 0 spiro atoms. The molecule has 0 bridgehead atoms. The van der Waals surface area contributed by atoms with Crippen molar-refractivity contribution in [3.05, 3.63) is 131 Å². The minimum absolute atomic E-state index is 0.124. The van der Waals surface area contributed by atoms with E-state index in [2.05, 4.69) is 11.4 Å². The lowest BCUT2D eigenvalue weighted by Gasteiger charge is -2.24. The summed E-state index contributed by atoms with van der Waals surface area (Å²) in [6, 6.07) is 33.6. The van der Waals surface area contributed by atoms with Gasteiger partial charge >= 0.3 is 0 Å². The maximum Gasteiger partial charge on any atom is 0.258 e. The minimum atomic E-state index is -0.181. The molecule has 0 atom stereocenters. The maximum absolute atomic E-state index is 13.5. The number of carbonyl (C=O) groups is 2. The first kappa shape index (κ1) is 23.5. The largest absolute Gasteiger partial charge is 0.326 e. The minimum Gasteiger partial charge on any atom is -0.326 e. The molecule has 5 nitrogen and oxygen atoms in total. The van der Waals surface area contributed by atoms with Gasteiger partial charge in [-0.15, -0.1) is 0 Å². The first-order valence-electron chi connectivity index (χ1n) is 11.3. The first-order valence-corrected chi connectivity index (χ1v) is 11.3. The van der Waals surface area contributed by atoms with E-state index in [9.17, 15) is 9.59 Å². The Morgan fingerprint density at radius 2 is 1.54 bits per heavy atom. The van der Waals surface area contributed by atoms with E-state index in [0.29, 0.717) is 23.4 Å². The molecule has 5 heteroatoms. The highest BCUT2D eigenvalue weighted by Gasteiger charge is 2.19. The molecule has 0 aliphatic heterocycles. The molecule has 0 unspecified atom stereocenters. The Morgan fingerprint density at radius 1 is 0.829 bits per heavy atom.